The number of esters is 1. The molecule has 0 unspecified atom stereocenters. The molecule has 0 saturated carbocycles. The summed E-state index contributed by atoms with van der Waals surface area (Å²) in [4.78, 5) is 50.9. The summed E-state index contributed by atoms with van der Waals surface area (Å²) in [6.07, 6.45) is -1.07. The van der Waals surface area contributed by atoms with Crippen molar-refractivity contribution >= 4 is 35.3 Å². The van der Waals surface area contributed by atoms with Gasteiger partial charge < -0.3 is 19.9 Å². The van der Waals surface area contributed by atoms with Crippen molar-refractivity contribution in [2.24, 2.45) is 0 Å². The van der Waals surface area contributed by atoms with Gasteiger partial charge in [0.15, 0.2) is 6.10 Å². The number of ether oxygens (including phenoxy) is 1. The molecule has 0 bridgehead atoms. The maximum atomic E-state index is 12.2. The van der Waals surface area contributed by atoms with Crippen LogP contribution in [0.4, 0.5) is 0 Å². The number of piperazine rings is 1. The molecule has 0 aromatic heterocycles. The van der Waals surface area contributed by atoms with Crippen LogP contribution in [0, 0.1) is 0 Å². The Hall–Kier alpha value is -2.61. The SMILES string of the molecule is CC(=O)N1CCN(C(=O)CCC(=O)O[C@@H](C)C(=O)NCc2ccccc2Cl)CC1. The zero-order valence-corrected chi connectivity index (χ0v) is 17.4. The number of carbonyl (C=O) groups is 4. The van der Waals surface area contributed by atoms with Crippen LogP contribution in [0.2, 0.25) is 5.02 Å². The van der Waals surface area contributed by atoms with Crippen LogP contribution in [-0.2, 0) is 30.5 Å². The van der Waals surface area contributed by atoms with Crippen molar-refractivity contribution in [2.45, 2.75) is 39.3 Å². The summed E-state index contributed by atoms with van der Waals surface area (Å²) in [6, 6.07) is 7.13. The molecule has 1 atom stereocenters. The second-order valence-corrected chi connectivity index (χ2v) is 7.24. The van der Waals surface area contributed by atoms with Gasteiger partial charge in [-0.3, -0.25) is 19.2 Å². The standard InChI is InChI=1S/C20H26ClN3O5/c1-14(20(28)22-13-16-5-3-4-6-17(16)21)29-19(27)8-7-18(26)24-11-9-23(10-12-24)15(2)25/h3-6,14H,7-13H2,1-2H3,(H,22,28)/t14-/m0/s1. The Morgan fingerprint density at radius 2 is 1.69 bits per heavy atom. The molecule has 1 aromatic rings. The maximum absolute atomic E-state index is 12.2. The summed E-state index contributed by atoms with van der Waals surface area (Å²) in [5.74, 6) is -1.23. The van der Waals surface area contributed by atoms with Crippen LogP contribution >= 0.6 is 11.6 Å². The summed E-state index contributed by atoms with van der Waals surface area (Å²) in [5.41, 5.74) is 0.761. The molecule has 1 fully saturated rings. The first-order chi connectivity index (χ1) is 13.8. The van der Waals surface area contributed by atoms with Gasteiger partial charge in [0.25, 0.3) is 5.91 Å². The molecule has 2 rings (SSSR count). The van der Waals surface area contributed by atoms with Crippen molar-refractivity contribution in [3.05, 3.63) is 34.9 Å². The third-order valence-corrected chi connectivity index (χ3v) is 5.08. The monoisotopic (exact) mass is 423 g/mol. The van der Waals surface area contributed by atoms with Crippen molar-refractivity contribution in [2.75, 3.05) is 26.2 Å². The van der Waals surface area contributed by atoms with E-state index in [1.54, 1.807) is 28.0 Å². The van der Waals surface area contributed by atoms with E-state index in [2.05, 4.69) is 5.32 Å². The van der Waals surface area contributed by atoms with Gasteiger partial charge in [0.2, 0.25) is 11.8 Å². The highest BCUT2D eigenvalue weighted by molar-refractivity contribution is 6.31. The molecule has 0 aliphatic carbocycles. The van der Waals surface area contributed by atoms with Gasteiger partial charge in [0, 0.05) is 51.1 Å². The lowest BCUT2D eigenvalue weighted by molar-refractivity contribution is -0.156. The Morgan fingerprint density at radius 3 is 2.31 bits per heavy atom. The van der Waals surface area contributed by atoms with E-state index in [1.807, 2.05) is 6.07 Å². The van der Waals surface area contributed by atoms with Crippen LogP contribution in [0.5, 0.6) is 0 Å². The van der Waals surface area contributed by atoms with Gasteiger partial charge in [-0.25, -0.2) is 0 Å². The van der Waals surface area contributed by atoms with Crippen molar-refractivity contribution in [3.63, 3.8) is 0 Å². The number of halogens is 1. The number of rotatable bonds is 7. The van der Waals surface area contributed by atoms with E-state index < -0.39 is 18.0 Å². The van der Waals surface area contributed by atoms with E-state index in [0.717, 1.165) is 5.56 Å². The quantitative estimate of drug-likeness (QED) is 0.668. The van der Waals surface area contributed by atoms with Gasteiger partial charge in [0.05, 0.1) is 6.42 Å². The Kier molecular flexibility index (Phi) is 8.45. The van der Waals surface area contributed by atoms with E-state index in [-0.39, 0.29) is 31.2 Å². The maximum Gasteiger partial charge on any atom is 0.307 e. The Labute approximate surface area is 175 Å². The van der Waals surface area contributed by atoms with Gasteiger partial charge in [-0.05, 0) is 18.6 Å². The van der Waals surface area contributed by atoms with Crippen molar-refractivity contribution in [1.29, 1.82) is 0 Å². The summed E-state index contributed by atoms with van der Waals surface area (Å²) in [5, 5.41) is 3.21. The molecular formula is C20H26ClN3O5. The lowest BCUT2D eigenvalue weighted by atomic mass is 10.2. The van der Waals surface area contributed by atoms with Crippen LogP contribution in [0.1, 0.15) is 32.3 Å². The summed E-state index contributed by atoms with van der Waals surface area (Å²) >= 11 is 6.04. The summed E-state index contributed by atoms with van der Waals surface area (Å²) in [7, 11) is 0. The minimum absolute atomic E-state index is 0.00681. The Bertz CT molecular complexity index is 762. The molecular weight excluding hydrogens is 398 g/mol. The number of hydrogen-bond acceptors (Lipinski definition) is 5. The molecule has 3 amide bonds. The predicted molar refractivity (Wildman–Crippen MR) is 107 cm³/mol. The fourth-order valence-corrected chi connectivity index (χ4v) is 3.12. The van der Waals surface area contributed by atoms with E-state index in [9.17, 15) is 19.2 Å². The highest BCUT2D eigenvalue weighted by atomic mass is 35.5. The Morgan fingerprint density at radius 1 is 1.07 bits per heavy atom. The Balaban J connectivity index is 1.68. The van der Waals surface area contributed by atoms with Crippen LogP contribution in [0.15, 0.2) is 24.3 Å². The smallest absolute Gasteiger partial charge is 0.307 e. The van der Waals surface area contributed by atoms with E-state index in [0.29, 0.717) is 31.2 Å². The highest BCUT2D eigenvalue weighted by Gasteiger charge is 2.24. The van der Waals surface area contributed by atoms with Crippen molar-refractivity contribution in [3.8, 4) is 0 Å². The minimum Gasteiger partial charge on any atom is -0.453 e. The number of nitrogens with one attached hydrogen (secondary N) is 1. The molecule has 29 heavy (non-hydrogen) atoms. The second-order valence-electron chi connectivity index (χ2n) is 6.83. The van der Waals surface area contributed by atoms with Gasteiger partial charge in [-0.15, -0.1) is 0 Å². The number of nitrogens with zero attached hydrogens (tertiary/aromatic N) is 2. The molecule has 1 aliphatic rings. The van der Waals surface area contributed by atoms with Gasteiger partial charge in [-0.2, -0.15) is 0 Å². The molecule has 1 saturated heterocycles. The van der Waals surface area contributed by atoms with Crippen LogP contribution < -0.4 is 5.32 Å². The fourth-order valence-electron chi connectivity index (χ4n) is 2.92. The zero-order chi connectivity index (χ0) is 21.4. The molecule has 8 nitrogen and oxygen atoms in total. The average molecular weight is 424 g/mol. The van der Waals surface area contributed by atoms with E-state index in [1.165, 1.54) is 13.8 Å². The van der Waals surface area contributed by atoms with Crippen LogP contribution in [-0.4, -0.2) is 65.8 Å². The average Bonchev–Trinajstić information content (AvgIpc) is 2.71. The number of carbonyl (C=O) groups excluding carboxylic acids is 4. The fraction of sp³-hybridized carbons (Fsp3) is 0.500. The second kappa shape index (κ2) is 10.8. The number of amides is 3. The first-order valence-electron chi connectivity index (χ1n) is 9.52. The predicted octanol–water partition coefficient (Wildman–Crippen LogP) is 1.36. The molecule has 9 heteroatoms. The minimum atomic E-state index is -0.973. The first-order valence-corrected chi connectivity index (χ1v) is 9.89. The highest BCUT2D eigenvalue weighted by Crippen LogP contribution is 2.14. The van der Waals surface area contributed by atoms with Crippen molar-refractivity contribution < 1.29 is 23.9 Å². The molecule has 158 valence electrons. The van der Waals surface area contributed by atoms with Crippen LogP contribution in [0.3, 0.4) is 0 Å². The third-order valence-electron chi connectivity index (χ3n) is 4.71. The van der Waals surface area contributed by atoms with E-state index in [4.69, 9.17) is 16.3 Å². The number of hydrogen-bond donors (Lipinski definition) is 1. The van der Waals surface area contributed by atoms with Crippen molar-refractivity contribution in [1.82, 2.24) is 15.1 Å². The third kappa shape index (κ3) is 7.05. The number of benzene rings is 1. The van der Waals surface area contributed by atoms with Gasteiger partial charge >= 0.3 is 5.97 Å². The molecule has 0 radical (unpaired) electrons. The molecule has 1 N–H and O–H groups in total. The molecule has 0 spiro atoms. The summed E-state index contributed by atoms with van der Waals surface area (Å²) < 4.78 is 5.11. The molecule has 1 aliphatic heterocycles. The van der Waals surface area contributed by atoms with Gasteiger partial charge in [0.1, 0.15) is 0 Å². The topological polar surface area (TPSA) is 96.0 Å². The first kappa shape index (κ1) is 22.7. The van der Waals surface area contributed by atoms with E-state index >= 15 is 0 Å². The zero-order valence-electron chi connectivity index (χ0n) is 16.7. The lowest BCUT2D eigenvalue weighted by Gasteiger charge is -2.34. The normalized spacial score (nSPS) is 14.9. The van der Waals surface area contributed by atoms with Crippen LogP contribution in [0.25, 0.3) is 0 Å². The largest absolute Gasteiger partial charge is 0.453 e. The summed E-state index contributed by atoms with van der Waals surface area (Å²) in [6.45, 7) is 5.10. The van der Waals surface area contributed by atoms with Gasteiger partial charge in [-0.1, -0.05) is 29.8 Å². The molecule has 1 aromatic carbocycles. The molecule has 1 heterocycles. The lowest BCUT2D eigenvalue weighted by Crippen LogP contribution is -2.50.